The monoisotopic (exact) mass is 273 g/mol. The zero-order valence-corrected chi connectivity index (χ0v) is 12.2. The number of hydrogen-bond acceptors (Lipinski definition) is 3. The fraction of sp³-hybridized carbons (Fsp3) is 0.333. The van der Waals surface area contributed by atoms with E-state index in [0.29, 0.717) is 0 Å². The summed E-state index contributed by atoms with van der Waals surface area (Å²) in [7, 11) is 0. The highest BCUT2D eigenvalue weighted by atomic mass is 16.6. The highest BCUT2D eigenvalue weighted by Gasteiger charge is 2.16. The quantitative estimate of drug-likeness (QED) is 0.876. The number of anilines is 1. The predicted octanol–water partition coefficient (Wildman–Crippen LogP) is 3.73. The van der Waals surface area contributed by atoms with Crippen LogP contribution in [0.1, 0.15) is 26.3 Å². The lowest BCUT2D eigenvalue weighted by atomic mass is 10.1. The van der Waals surface area contributed by atoms with Gasteiger partial charge in [-0.25, -0.2) is 9.78 Å². The summed E-state index contributed by atoms with van der Waals surface area (Å²) in [5.41, 5.74) is 3.16. The van der Waals surface area contributed by atoms with Gasteiger partial charge in [0.15, 0.2) is 0 Å². The first kappa shape index (κ1) is 14.1. The summed E-state index contributed by atoms with van der Waals surface area (Å²) in [4.78, 5) is 18.8. The van der Waals surface area contributed by atoms with Gasteiger partial charge in [-0.15, -0.1) is 0 Å². The van der Waals surface area contributed by atoms with E-state index in [4.69, 9.17) is 4.74 Å². The van der Waals surface area contributed by atoms with Crippen LogP contribution in [0.3, 0.4) is 0 Å². The maximum Gasteiger partial charge on any atom is 0.412 e. The highest BCUT2D eigenvalue weighted by molar-refractivity contribution is 5.86. The van der Waals surface area contributed by atoms with Crippen LogP contribution < -0.4 is 5.32 Å². The number of nitrogens with one attached hydrogen (secondary N) is 2. The molecule has 106 valence electrons. The van der Waals surface area contributed by atoms with Crippen LogP contribution in [0.4, 0.5) is 10.5 Å². The van der Waals surface area contributed by atoms with Gasteiger partial charge in [-0.05, 0) is 51.0 Å². The Morgan fingerprint density at radius 1 is 1.35 bits per heavy atom. The van der Waals surface area contributed by atoms with Gasteiger partial charge in [-0.1, -0.05) is 6.07 Å². The number of hydrogen-bond donors (Lipinski definition) is 2. The molecule has 0 bridgehead atoms. The molecular weight excluding hydrogens is 254 g/mol. The largest absolute Gasteiger partial charge is 0.444 e. The van der Waals surface area contributed by atoms with Crippen LogP contribution in [-0.4, -0.2) is 21.7 Å². The molecule has 0 atom stereocenters. The molecule has 5 nitrogen and oxygen atoms in total. The van der Waals surface area contributed by atoms with E-state index < -0.39 is 11.7 Å². The van der Waals surface area contributed by atoms with Gasteiger partial charge in [0, 0.05) is 5.69 Å². The maximum absolute atomic E-state index is 11.7. The molecule has 0 unspecified atom stereocenters. The van der Waals surface area contributed by atoms with Gasteiger partial charge in [0.05, 0.1) is 18.2 Å². The van der Waals surface area contributed by atoms with Crippen molar-refractivity contribution in [2.75, 3.05) is 5.32 Å². The van der Waals surface area contributed by atoms with Gasteiger partial charge in [0.25, 0.3) is 0 Å². The Bertz CT molecular complexity index is 598. The van der Waals surface area contributed by atoms with Gasteiger partial charge in [0.1, 0.15) is 5.60 Å². The summed E-state index contributed by atoms with van der Waals surface area (Å²) >= 11 is 0. The zero-order chi connectivity index (χ0) is 14.8. The van der Waals surface area contributed by atoms with Crippen LogP contribution in [0, 0.1) is 6.92 Å². The van der Waals surface area contributed by atoms with Crippen molar-refractivity contribution in [3.05, 3.63) is 36.3 Å². The van der Waals surface area contributed by atoms with Gasteiger partial charge in [0.2, 0.25) is 0 Å². The maximum atomic E-state index is 11.7. The van der Waals surface area contributed by atoms with Crippen LogP contribution in [-0.2, 0) is 4.74 Å². The number of rotatable bonds is 2. The normalized spacial score (nSPS) is 11.2. The fourth-order valence-electron chi connectivity index (χ4n) is 1.80. The van der Waals surface area contributed by atoms with Crippen molar-refractivity contribution in [3.63, 3.8) is 0 Å². The number of ether oxygens (including phenoxy) is 1. The molecule has 0 radical (unpaired) electrons. The van der Waals surface area contributed by atoms with Gasteiger partial charge >= 0.3 is 6.09 Å². The summed E-state index contributed by atoms with van der Waals surface area (Å²) in [6.45, 7) is 7.44. The van der Waals surface area contributed by atoms with Gasteiger partial charge < -0.3 is 9.72 Å². The minimum atomic E-state index is -0.506. The molecule has 0 aliphatic heterocycles. The molecule has 1 heterocycles. The van der Waals surface area contributed by atoms with Crippen LogP contribution in [0.5, 0.6) is 0 Å². The van der Waals surface area contributed by atoms with Crippen molar-refractivity contribution in [1.82, 2.24) is 9.97 Å². The predicted molar refractivity (Wildman–Crippen MR) is 78.6 cm³/mol. The van der Waals surface area contributed by atoms with E-state index in [1.807, 2.05) is 45.9 Å². The van der Waals surface area contributed by atoms with E-state index in [9.17, 15) is 4.79 Å². The van der Waals surface area contributed by atoms with Gasteiger partial charge in [-0.2, -0.15) is 0 Å². The van der Waals surface area contributed by atoms with Crippen molar-refractivity contribution >= 4 is 11.8 Å². The standard InChI is InChI=1S/C15H19N3O2/c1-10-7-11(13-8-16-9-17-13)5-6-12(10)18-14(19)20-15(2,3)4/h5-9H,1-4H3,(H,16,17)(H,18,19). The van der Waals surface area contributed by atoms with E-state index in [0.717, 1.165) is 22.5 Å². The Kier molecular flexibility index (Phi) is 3.79. The van der Waals surface area contributed by atoms with Crippen LogP contribution >= 0.6 is 0 Å². The molecule has 0 spiro atoms. The molecule has 2 rings (SSSR count). The number of nitrogens with zero attached hydrogens (tertiary/aromatic N) is 1. The van der Waals surface area contributed by atoms with Crippen molar-refractivity contribution in [2.24, 2.45) is 0 Å². The molecule has 0 aliphatic rings. The number of benzene rings is 1. The van der Waals surface area contributed by atoms with Crippen LogP contribution in [0.2, 0.25) is 0 Å². The number of aromatic amines is 1. The lowest BCUT2D eigenvalue weighted by molar-refractivity contribution is 0.0636. The number of amides is 1. The third kappa shape index (κ3) is 3.60. The fourth-order valence-corrected chi connectivity index (χ4v) is 1.80. The van der Waals surface area contributed by atoms with Crippen molar-refractivity contribution in [3.8, 4) is 11.3 Å². The van der Waals surface area contributed by atoms with E-state index >= 15 is 0 Å². The van der Waals surface area contributed by atoms with Crippen LogP contribution in [0.25, 0.3) is 11.3 Å². The molecule has 0 fully saturated rings. The Labute approximate surface area is 118 Å². The highest BCUT2D eigenvalue weighted by Crippen LogP contribution is 2.23. The number of aromatic nitrogens is 2. The Balaban J connectivity index is 2.13. The first-order valence-electron chi connectivity index (χ1n) is 6.44. The number of H-pyrrole nitrogens is 1. The van der Waals surface area contributed by atoms with E-state index in [2.05, 4.69) is 15.3 Å². The number of imidazole rings is 1. The molecule has 2 aromatic rings. The first-order chi connectivity index (χ1) is 9.35. The zero-order valence-electron chi connectivity index (χ0n) is 12.2. The van der Waals surface area contributed by atoms with Crippen LogP contribution in [0.15, 0.2) is 30.7 Å². The molecule has 1 aromatic heterocycles. The minimum Gasteiger partial charge on any atom is -0.444 e. The molecule has 1 amide bonds. The summed E-state index contributed by atoms with van der Waals surface area (Å²) in [6.07, 6.45) is 2.95. The average molecular weight is 273 g/mol. The topological polar surface area (TPSA) is 67.0 Å². The Morgan fingerprint density at radius 2 is 2.10 bits per heavy atom. The summed E-state index contributed by atoms with van der Waals surface area (Å²) < 4.78 is 5.23. The molecule has 5 heteroatoms. The van der Waals surface area contributed by atoms with Crippen molar-refractivity contribution in [1.29, 1.82) is 0 Å². The molecule has 1 aromatic carbocycles. The van der Waals surface area contributed by atoms with E-state index in [1.165, 1.54) is 0 Å². The molecule has 0 aliphatic carbocycles. The second-order valence-corrected chi connectivity index (χ2v) is 5.62. The summed E-state index contributed by atoms with van der Waals surface area (Å²) in [5.74, 6) is 0. The van der Waals surface area contributed by atoms with Crippen molar-refractivity contribution in [2.45, 2.75) is 33.3 Å². The SMILES string of the molecule is Cc1cc(-c2cnc[nH]2)ccc1NC(=O)OC(C)(C)C. The second-order valence-electron chi connectivity index (χ2n) is 5.62. The molecule has 0 saturated heterocycles. The Hall–Kier alpha value is -2.30. The summed E-state index contributed by atoms with van der Waals surface area (Å²) in [6, 6.07) is 5.77. The molecule has 0 saturated carbocycles. The second kappa shape index (κ2) is 5.36. The number of aryl methyl sites for hydroxylation is 1. The molecule has 2 N–H and O–H groups in total. The third-order valence-electron chi connectivity index (χ3n) is 2.67. The number of carbonyl (C=O) groups is 1. The average Bonchev–Trinajstić information content (AvgIpc) is 2.82. The molecule has 20 heavy (non-hydrogen) atoms. The van der Waals surface area contributed by atoms with E-state index in [-0.39, 0.29) is 0 Å². The van der Waals surface area contributed by atoms with E-state index in [1.54, 1.807) is 12.5 Å². The molecular formula is C15H19N3O2. The third-order valence-corrected chi connectivity index (χ3v) is 2.67. The summed E-state index contributed by atoms with van der Waals surface area (Å²) in [5, 5.41) is 2.75. The lowest BCUT2D eigenvalue weighted by Crippen LogP contribution is -2.27. The first-order valence-corrected chi connectivity index (χ1v) is 6.44. The number of carbonyl (C=O) groups excluding carboxylic acids is 1. The van der Waals surface area contributed by atoms with Crippen molar-refractivity contribution < 1.29 is 9.53 Å². The lowest BCUT2D eigenvalue weighted by Gasteiger charge is -2.20. The smallest absolute Gasteiger partial charge is 0.412 e. The Morgan fingerprint density at radius 3 is 2.65 bits per heavy atom. The van der Waals surface area contributed by atoms with Gasteiger partial charge in [-0.3, -0.25) is 5.32 Å². The minimum absolute atomic E-state index is 0.449.